The molecule has 136 valence electrons. The fraction of sp³-hybridized carbons (Fsp3) is 0.158. The maximum absolute atomic E-state index is 10.5. The molecule has 3 rings (SSSR count). The van der Waals surface area contributed by atoms with Crippen molar-refractivity contribution in [2.45, 2.75) is 12.5 Å². The minimum absolute atomic E-state index is 0.0510. The van der Waals surface area contributed by atoms with E-state index in [1.165, 1.54) is 17.4 Å². The molecule has 1 heterocycles. The van der Waals surface area contributed by atoms with Gasteiger partial charge in [-0.3, -0.25) is 0 Å². The zero-order chi connectivity index (χ0) is 18.7. The summed E-state index contributed by atoms with van der Waals surface area (Å²) in [6.07, 6.45) is -0.370. The van der Waals surface area contributed by atoms with Crippen LogP contribution in [0.2, 0.25) is 0 Å². The first-order chi connectivity index (χ1) is 12.5. The van der Waals surface area contributed by atoms with E-state index in [-0.39, 0.29) is 18.8 Å². The minimum atomic E-state index is -0.633. The maximum atomic E-state index is 10.5. The lowest BCUT2D eigenvalue weighted by molar-refractivity contribution is 0.154. The molecule has 26 heavy (non-hydrogen) atoms. The van der Waals surface area contributed by atoms with Gasteiger partial charge in [0.2, 0.25) is 0 Å². The first kappa shape index (κ1) is 17.9. The molecule has 1 unspecified atom stereocenters. The van der Waals surface area contributed by atoms with E-state index in [9.17, 15) is 10.2 Å². The van der Waals surface area contributed by atoms with Crippen LogP contribution < -0.4 is 21.9 Å². The summed E-state index contributed by atoms with van der Waals surface area (Å²) in [6, 6.07) is 12.0. The lowest BCUT2D eigenvalue weighted by Gasteiger charge is -2.24. The lowest BCUT2D eigenvalue weighted by atomic mass is 9.96. The number of anilines is 3. The molecule has 0 radical (unpaired) electrons. The van der Waals surface area contributed by atoms with Crippen LogP contribution >= 0.6 is 11.3 Å². The summed E-state index contributed by atoms with van der Waals surface area (Å²) in [5.41, 5.74) is 20.6. The van der Waals surface area contributed by atoms with Crippen LogP contribution in [0.3, 0.4) is 0 Å². The summed E-state index contributed by atoms with van der Waals surface area (Å²) in [7, 11) is 0. The standard InChI is InChI=1S/C19H21N3O3S/c20-11-3-6-15(13(22)10-11)25-16(7-8-23)19-14(24)5-4-12(21)18(19)17-2-1-9-26-17/h1-6,9-10,16,23-24H,7-8,20-22H2. The Hall–Kier alpha value is -2.90. The quantitative estimate of drug-likeness (QED) is 0.334. The van der Waals surface area contributed by atoms with Crippen LogP contribution in [0.15, 0.2) is 47.8 Å². The second-order valence-corrected chi connectivity index (χ2v) is 6.80. The van der Waals surface area contributed by atoms with Crippen molar-refractivity contribution in [1.82, 2.24) is 0 Å². The van der Waals surface area contributed by atoms with Gasteiger partial charge in [0.15, 0.2) is 0 Å². The van der Waals surface area contributed by atoms with Gasteiger partial charge in [-0.1, -0.05) is 6.07 Å². The van der Waals surface area contributed by atoms with Crippen molar-refractivity contribution >= 4 is 28.4 Å². The Morgan fingerprint density at radius 1 is 1.04 bits per heavy atom. The predicted octanol–water partition coefficient (Wildman–Crippen LogP) is 3.37. The zero-order valence-corrected chi connectivity index (χ0v) is 14.9. The summed E-state index contributed by atoms with van der Waals surface area (Å²) in [5.74, 6) is 0.478. The van der Waals surface area contributed by atoms with E-state index < -0.39 is 6.10 Å². The van der Waals surface area contributed by atoms with Gasteiger partial charge in [0.25, 0.3) is 0 Å². The van der Waals surface area contributed by atoms with Gasteiger partial charge in [0.05, 0.1) is 5.69 Å². The average Bonchev–Trinajstić information content (AvgIpc) is 3.12. The molecule has 0 saturated heterocycles. The highest BCUT2D eigenvalue weighted by Crippen LogP contribution is 2.43. The smallest absolute Gasteiger partial charge is 0.143 e. The molecule has 1 aromatic heterocycles. The van der Waals surface area contributed by atoms with E-state index in [0.717, 1.165) is 4.88 Å². The molecule has 0 aliphatic rings. The molecular weight excluding hydrogens is 350 g/mol. The number of rotatable bonds is 6. The van der Waals surface area contributed by atoms with Crippen molar-refractivity contribution in [3.05, 3.63) is 53.4 Å². The van der Waals surface area contributed by atoms with Gasteiger partial charge in [-0.05, 0) is 41.8 Å². The molecule has 0 spiro atoms. The van der Waals surface area contributed by atoms with Crippen molar-refractivity contribution in [3.63, 3.8) is 0 Å². The van der Waals surface area contributed by atoms with Crippen LogP contribution in [0.25, 0.3) is 10.4 Å². The van der Waals surface area contributed by atoms with Crippen LogP contribution in [0, 0.1) is 0 Å². The number of benzene rings is 2. The van der Waals surface area contributed by atoms with E-state index in [0.29, 0.717) is 33.9 Å². The molecule has 6 nitrogen and oxygen atoms in total. The second kappa shape index (κ2) is 7.55. The number of thiophene rings is 1. The first-order valence-electron chi connectivity index (χ1n) is 8.09. The molecule has 8 N–H and O–H groups in total. The van der Waals surface area contributed by atoms with Gasteiger partial charge >= 0.3 is 0 Å². The van der Waals surface area contributed by atoms with Crippen molar-refractivity contribution in [3.8, 4) is 21.9 Å². The number of nitrogens with two attached hydrogens (primary N) is 3. The fourth-order valence-electron chi connectivity index (χ4n) is 2.85. The number of hydrogen-bond donors (Lipinski definition) is 5. The first-order valence-corrected chi connectivity index (χ1v) is 8.97. The van der Waals surface area contributed by atoms with Gasteiger partial charge in [0, 0.05) is 40.4 Å². The molecule has 0 amide bonds. The molecule has 7 heteroatoms. The van der Waals surface area contributed by atoms with E-state index in [2.05, 4.69) is 0 Å². The van der Waals surface area contributed by atoms with Crippen molar-refractivity contribution < 1.29 is 14.9 Å². The Balaban J connectivity index is 2.09. The van der Waals surface area contributed by atoms with Crippen molar-refractivity contribution in [1.29, 1.82) is 0 Å². The third kappa shape index (κ3) is 3.54. The van der Waals surface area contributed by atoms with E-state index in [1.54, 1.807) is 24.3 Å². The third-order valence-electron chi connectivity index (χ3n) is 4.04. The summed E-state index contributed by atoms with van der Waals surface area (Å²) in [4.78, 5) is 0.908. The number of hydrogen-bond acceptors (Lipinski definition) is 7. The van der Waals surface area contributed by atoms with Crippen molar-refractivity contribution in [2.24, 2.45) is 0 Å². The van der Waals surface area contributed by atoms with Crippen LogP contribution in [0.1, 0.15) is 18.1 Å². The summed E-state index contributed by atoms with van der Waals surface area (Å²) < 4.78 is 6.05. The molecule has 1 atom stereocenters. The Kier molecular flexibility index (Phi) is 5.20. The average molecular weight is 371 g/mol. The molecule has 0 aliphatic heterocycles. The van der Waals surface area contributed by atoms with E-state index >= 15 is 0 Å². The van der Waals surface area contributed by atoms with Gasteiger partial charge in [0.1, 0.15) is 17.6 Å². The Bertz CT molecular complexity index is 897. The Labute approximate surface area is 155 Å². The normalized spacial score (nSPS) is 12.0. The van der Waals surface area contributed by atoms with Crippen LogP contribution in [-0.4, -0.2) is 16.8 Å². The highest BCUT2D eigenvalue weighted by Gasteiger charge is 2.25. The number of ether oxygens (including phenoxy) is 1. The highest BCUT2D eigenvalue weighted by atomic mass is 32.1. The molecule has 0 bridgehead atoms. The summed E-state index contributed by atoms with van der Waals surface area (Å²) >= 11 is 1.51. The number of aromatic hydroxyl groups is 1. The zero-order valence-electron chi connectivity index (χ0n) is 14.1. The maximum Gasteiger partial charge on any atom is 0.143 e. The fourth-order valence-corrected chi connectivity index (χ4v) is 3.66. The molecule has 0 aliphatic carbocycles. The van der Waals surface area contributed by atoms with Gasteiger partial charge in [-0.15, -0.1) is 11.3 Å². The van der Waals surface area contributed by atoms with Crippen LogP contribution in [0.4, 0.5) is 17.1 Å². The number of aliphatic hydroxyl groups is 1. The Morgan fingerprint density at radius 2 is 1.85 bits per heavy atom. The monoisotopic (exact) mass is 371 g/mol. The molecule has 0 saturated carbocycles. The van der Waals surface area contributed by atoms with Crippen LogP contribution in [0.5, 0.6) is 11.5 Å². The molecular formula is C19H21N3O3S. The predicted molar refractivity (Wildman–Crippen MR) is 106 cm³/mol. The summed E-state index contributed by atoms with van der Waals surface area (Å²) in [6.45, 7) is -0.127. The molecule has 0 fully saturated rings. The van der Waals surface area contributed by atoms with Crippen LogP contribution in [-0.2, 0) is 0 Å². The SMILES string of the molecule is Nc1ccc(OC(CCO)c2c(O)ccc(N)c2-c2cccs2)c(N)c1. The number of aliphatic hydroxyl groups excluding tert-OH is 1. The lowest BCUT2D eigenvalue weighted by Crippen LogP contribution is -2.13. The second-order valence-electron chi connectivity index (χ2n) is 5.86. The van der Waals surface area contributed by atoms with Gasteiger partial charge in [-0.2, -0.15) is 0 Å². The largest absolute Gasteiger partial charge is 0.508 e. The number of phenols is 1. The van der Waals surface area contributed by atoms with E-state index in [1.807, 2.05) is 17.5 Å². The molecule has 3 aromatic rings. The number of phenolic OH excluding ortho intramolecular Hbond substituents is 1. The summed E-state index contributed by atoms with van der Waals surface area (Å²) in [5, 5.41) is 22.0. The third-order valence-corrected chi connectivity index (χ3v) is 4.93. The highest BCUT2D eigenvalue weighted by molar-refractivity contribution is 7.13. The number of nitrogen functional groups attached to an aromatic ring is 3. The van der Waals surface area contributed by atoms with E-state index in [4.69, 9.17) is 21.9 Å². The Morgan fingerprint density at radius 3 is 2.50 bits per heavy atom. The molecule has 2 aromatic carbocycles. The minimum Gasteiger partial charge on any atom is -0.508 e. The topological polar surface area (TPSA) is 128 Å². The van der Waals surface area contributed by atoms with Crippen molar-refractivity contribution in [2.75, 3.05) is 23.8 Å². The van der Waals surface area contributed by atoms with Gasteiger partial charge in [-0.25, -0.2) is 0 Å². The van der Waals surface area contributed by atoms with Gasteiger partial charge < -0.3 is 32.2 Å².